The summed E-state index contributed by atoms with van der Waals surface area (Å²) in [6.45, 7) is 2.88. The Bertz CT molecular complexity index is 510. The van der Waals surface area contributed by atoms with Gasteiger partial charge in [-0.3, -0.25) is 9.78 Å². The molecular formula is C14H19N3O3. The van der Waals surface area contributed by atoms with E-state index >= 15 is 0 Å². The number of carbonyl (C=O) groups excluding carboxylic acids is 1. The average Bonchev–Trinajstić information content (AvgIpc) is 2.89. The molecule has 0 radical (unpaired) electrons. The predicted molar refractivity (Wildman–Crippen MR) is 74.7 cm³/mol. The van der Waals surface area contributed by atoms with Gasteiger partial charge in [0, 0.05) is 6.20 Å². The van der Waals surface area contributed by atoms with Crippen LogP contribution < -0.4 is 10.6 Å². The number of hydrogen-bond donors (Lipinski definition) is 3. The minimum absolute atomic E-state index is 0.0618. The van der Waals surface area contributed by atoms with Crippen molar-refractivity contribution in [2.45, 2.75) is 38.1 Å². The number of hydrogen-bond acceptors (Lipinski definition) is 4. The molecule has 6 heteroatoms. The zero-order valence-electron chi connectivity index (χ0n) is 11.5. The highest BCUT2D eigenvalue weighted by Gasteiger charge is 2.39. The van der Waals surface area contributed by atoms with Crippen molar-refractivity contribution in [1.29, 1.82) is 0 Å². The fourth-order valence-electron chi connectivity index (χ4n) is 2.63. The molecule has 1 fully saturated rings. The summed E-state index contributed by atoms with van der Waals surface area (Å²) >= 11 is 0. The molecule has 2 heterocycles. The Morgan fingerprint density at radius 2 is 2.30 bits per heavy atom. The number of nitrogens with one attached hydrogen (secondary N) is 2. The molecule has 1 saturated heterocycles. The van der Waals surface area contributed by atoms with E-state index in [1.54, 1.807) is 0 Å². The van der Waals surface area contributed by atoms with Crippen molar-refractivity contribution in [2.75, 3.05) is 11.9 Å². The molecule has 1 aliphatic rings. The molecule has 1 aromatic rings. The van der Waals surface area contributed by atoms with Crippen LogP contribution in [0.15, 0.2) is 18.5 Å². The van der Waals surface area contributed by atoms with E-state index in [0.29, 0.717) is 5.69 Å². The Labute approximate surface area is 117 Å². The number of anilines is 1. The molecule has 0 bridgehead atoms. The van der Waals surface area contributed by atoms with Crippen molar-refractivity contribution in [2.24, 2.45) is 0 Å². The molecular weight excluding hydrogens is 258 g/mol. The second-order valence-electron chi connectivity index (χ2n) is 5.08. The number of carbonyl (C=O) groups is 2. The second-order valence-corrected chi connectivity index (χ2v) is 5.08. The summed E-state index contributed by atoms with van der Waals surface area (Å²) in [6.07, 6.45) is 6.17. The van der Waals surface area contributed by atoms with Crippen LogP contribution in [-0.2, 0) is 4.79 Å². The lowest BCUT2D eigenvalue weighted by Gasteiger charge is -2.27. The lowest BCUT2D eigenvalue weighted by Crippen LogP contribution is -2.50. The van der Waals surface area contributed by atoms with Gasteiger partial charge in [0.1, 0.15) is 0 Å². The fraction of sp³-hybridized carbons (Fsp3) is 0.500. The number of nitrogens with zero attached hydrogens (tertiary/aromatic N) is 1. The predicted octanol–water partition coefficient (Wildman–Crippen LogP) is 1.64. The molecule has 108 valence electrons. The minimum Gasteiger partial charge on any atom is -0.478 e. The standard InChI is InChI=1S/C14H19N3O3/c1-2-4-14(5-3-6-16-14)13(20)17-11-7-10(12(18)19)8-15-9-11/h7-9,16H,2-6H2,1H3,(H,17,20)(H,18,19). The molecule has 0 spiro atoms. The van der Waals surface area contributed by atoms with Crippen LogP contribution in [0.2, 0.25) is 0 Å². The number of aromatic carboxylic acids is 1. The van der Waals surface area contributed by atoms with Gasteiger partial charge < -0.3 is 15.7 Å². The van der Waals surface area contributed by atoms with Crippen molar-refractivity contribution in [3.63, 3.8) is 0 Å². The van der Waals surface area contributed by atoms with Gasteiger partial charge in [-0.05, 0) is 31.9 Å². The number of amides is 1. The molecule has 1 atom stereocenters. The molecule has 1 amide bonds. The van der Waals surface area contributed by atoms with Crippen LogP contribution >= 0.6 is 0 Å². The van der Waals surface area contributed by atoms with Crippen molar-refractivity contribution in [3.05, 3.63) is 24.0 Å². The van der Waals surface area contributed by atoms with E-state index in [1.165, 1.54) is 18.5 Å². The molecule has 1 aromatic heterocycles. The highest BCUT2D eigenvalue weighted by molar-refractivity contribution is 5.99. The maximum atomic E-state index is 12.5. The topological polar surface area (TPSA) is 91.3 Å². The highest BCUT2D eigenvalue weighted by atomic mass is 16.4. The molecule has 1 unspecified atom stereocenters. The van der Waals surface area contributed by atoms with Gasteiger partial charge in [0.25, 0.3) is 0 Å². The van der Waals surface area contributed by atoms with Crippen LogP contribution in [0.1, 0.15) is 43.0 Å². The van der Waals surface area contributed by atoms with E-state index in [-0.39, 0.29) is 11.5 Å². The molecule has 0 aliphatic carbocycles. The van der Waals surface area contributed by atoms with Crippen LogP contribution in [0.25, 0.3) is 0 Å². The number of carboxylic acid groups (broad SMARTS) is 1. The number of carboxylic acids is 1. The van der Waals surface area contributed by atoms with E-state index in [9.17, 15) is 9.59 Å². The van der Waals surface area contributed by atoms with Gasteiger partial charge >= 0.3 is 5.97 Å². The fourth-order valence-corrected chi connectivity index (χ4v) is 2.63. The van der Waals surface area contributed by atoms with Crippen LogP contribution in [0.5, 0.6) is 0 Å². The molecule has 3 N–H and O–H groups in total. The molecule has 0 aromatic carbocycles. The molecule has 6 nitrogen and oxygen atoms in total. The van der Waals surface area contributed by atoms with Gasteiger partial charge in [-0.1, -0.05) is 13.3 Å². The summed E-state index contributed by atoms with van der Waals surface area (Å²) in [5, 5.41) is 15.0. The Kier molecular flexibility index (Phi) is 4.34. The number of aromatic nitrogens is 1. The van der Waals surface area contributed by atoms with Gasteiger partial charge in [-0.15, -0.1) is 0 Å². The smallest absolute Gasteiger partial charge is 0.337 e. The van der Waals surface area contributed by atoms with Crippen LogP contribution in [0.4, 0.5) is 5.69 Å². The van der Waals surface area contributed by atoms with Gasteiger partial charge in [0.15, 0.2) is 0 Å². The lowest BCUT2D eigenvalue weighted by molar-refractivity contribution is -0.122. The summed E-state index contributed by atoms with van der Waals surface area (Å²) in [5.74, 6) is -1.17. The first-order valence-corrected chi connectivity index (χ1v) is 6.82. The Hall–Kier alpha value is -1.95. The summed E-state index contributed by atoms with van der Waals surface area (Å²) in [6, 6.07) is 1.42. The first kappa shape index (κ1) is 14.5. The quantitative estimate of drug-likeness (QED) is 0.761. The Morgan fingerprint density at radius 1 is 1.50 bits per heavy atom. The number of pyridine rings is 1. The van der Waals surface area contributed by atoms with Gasteiger partial charge in [-0.2, -0.15) is 0 Å². The normalized spacial score (nSPS) is 21.6. The monoisotopic (exact) mass is 277 g/mol. The lowest BCUT2D eigenvalue weighted by atomic mass is 9.91. The van der Waals surface area contributed by atoms with E-state index in [1.807, 2.05) is 6.92 Å². The molecule has 0 saturated carbocycles. The summed E-state index contributed by atoms with van der Waals surface area (Å²) in [5.41, 5.74) is -0.0562. The average molecular weight is 277 g/mol. The molecule has 2 rings (SSSR count). The first-order valence-electron chi connectivity index (χ1n) is 6.82. The van der Waals surface area contributed by atoms with Crippen molar-refractivity contribution in [3.8, 4) is 0 Å². The second kappa shape index (κ2) is 6.00. The van der Waals surface area contributed by atoms with Crippen molar-refractivity contribution < 1.29 is 14.7 Å². The molecule has 1 aliphatic heterocycles. The van der Waals surface area contributed by atoms with Crippen LogP contribution in [-0.4, -0.2) is 34.1 Å². The first-order chi connectivity index (χ1) is 9.57. The van der Waals surface area contributed by atoms with E-state index in [4.69, 9.17) is 5.11 Å². The molecule has 20 heavy (non-hydrogen) atoms. The number of rotatable bonds is 5. The summed E-state index contributed by atoms with van der Waals surface area (Å²) < 4.78 is 0. The minimum atomic E-state index is -1.06. The zero-order chi connectivity index (χ0) is 14.6. The Morgan fingerprint density at radius 3 is 2.90 bits per heavy atom. The third kappa shape index (κ3) is 2.96. The summed E-state index contributed by atoms with van der Waals surface area (Å²) in [4.78, 5) is 27.2. The van der Waals surface area contributed by atoms with E-state index < -0.39 is 11.5 Å². The van der Waals surface area contributed by atoms with Crippen molar-refractivity contribution >= 4 is 17.6 Å². The summed E-state index contributed by atoms with van der Waals surface area (Å²) in [7, 11) is 0. The third-order valence-corrected chi connectivity index (χ3v) is 3.60. The SMILES string of the molecule is CCCC1(C(=O)Nc2cncc(C(=O)O)c2)CCCN1. The maximum Gasteiger partial charge on any atom is 0.337 e. The Balaban J connectivity index is 2.14. The highest BCUT2D eigenvalue weighted by Crippen LogP contribution is 2.26. The van der Waals surface area contributed by atoms with Crippen LogP contribution in [0, 0.1) is 0 Å². The third-order valence-electron chi connectivity index (χ3n) is 3.60. The largest absolute Gasteiger partial charge is 0.478 e. The zero-order valence-corrected chi connectivity index (χ0v) is 11.5. The van der Waals surface area contributed by atoms with Crippen molar-refractivity contribution in [1.82, 2.24) is 10.3 Å². The van der Waals surface area contributed by atoms with E-state index in [2.05, 4.69) is 15.6 Å². The van der Waals surface area contributed by atoms with Gasteiger partial charge in [-0.25, -0.2) is 4.79 Å². The van der Waals surface area contributed by atoms with Gasteiger partial charge in [0.2, 0.25) is 5.91 Å². The maximum absolute atomic E-state index is 12.5. The van der Waals surface area contributed by atoms with Crippen LogP contribution in [0.3, 0.4) is 0 Å². The van der Waals surface area contributed by atoms with Gasteiger partial charge in [0.05, 0.1) is 23.0 Å². The van der Waals surface area contributed by atoms with E-state index in [0.717, 1.165) is 32.2 Å².